The Hall–Kier alpha value is -2.28. The van der Waals surface area contributed by atoms with E-state index in [2.05, 4.69) is 28.9 Å². The number of para-hydroxylation sites is 1. The van der Waals surface area contributed by atoms with Gasteiger partial charge in [0.25, 0.3) is 5.91 Å². The van der Waals surface area contributed by atoms with Crippen LogP contribution in [0.15, 0.2) is 30.5 Å². The van der Waals surface area contributed by atoms with E-state index in [0.717, 1.165) is 23.9 Å². The fraction of sp³-hybridized carbons (Fsp3) is 0.444. The zero-order valence-corrected chi connectivity index (χ0v) is 13.3. The molecule has 0 saturated heterocycles. The Kier molecular flexibility index (Phi) is 5.60. The van der Waals surface area contributed by atoms with Crippen LogP contribution in [0, 0.1) is 17.2 Å². The second kappa shape index (κ2) is 7.65. The maximum Gasteiger partial charge on any atom is 0.253 e. The lowest BCUT2D eigenvalue weighted by atomic mass is 10.1. The van der Waals surface area contributed by atoms with E-state index in [1.165, 1.54) is 12.8 Å². The highest BCUT2D eigenvalue weighted by Crippen LogP contribution is 2.22. The van der Waals surface area contributed by atoms with Gasteiger partial charge >= 0.3 is 0 Å². The van der Waals surface area contributed by atoms with Crippen LogP contribution in [0.25, 0.3) is 10.9 Å². The number of rotatable bonds is 7. The summed E-state index contributed by atoms with van der Waals surface area (Å²) in [6.45, 7) is 5.29. The number of aryl methyl sites for hydroxylation is 1. The number of unbranched alkanes of at least 4 members (excludes halogenated alkanes) is 2. The van der Waals surface area contributed by atoms with Crippen molar-refractivity contribution in [2.45, 2.75) is 39.7 Å². The Balaban J connectivity index is 2.22. The summed E-state index contributed by atoms with van der Waals surface area (Å²) in [4.78, 5) is 12.4. The summed E-state index contributed by atoms with van der Waals surface area (Å²) in [6, 6.07) is 10.1. The Morgan fingerprint density at radius 1 is 1.36 bits per heavy atom. The molecule has 4 heteroatoms. The first-order valence-electron chi connectivity index (χ1n) is 7.93. The lowest BCUT2D eigenvalue weighted by molar-refractivity contribution is 0.0952. The summed E-state index contributed by atoms with van der Waals surface area (Å²) >= 11 is 0. The second-order valence-electron chi connectivity index (χ2n) is 5.70. The largest absolute Gasteiger partial charge is 0.351 e. The Bertz CT molecular complexity index is 681. The minimum absolute atomic E-state index is 0.104. The molecule has 1 amide bonds. The van der Waals surface area contributed by atoms with Gasteiger partial charge < -0.3 is 9.88 Å². The minimum Gasteiger partial charge on any atom is -0.351 e. The third-order valence-electron chi connectivity index (χ3n) is 3.82. The topological polar surface area (TPSA) is 57.8 Å². The van der Waals surface area contributed by atoms with E-state index >= 15 is 0 Å². The van der Waals surface area contributed by atoms with E-state index < -0.39 is 0 Å². The number of aromatic nitrogens is 1. The Labute approximate surface area is 131 Å². The number of hydrogen-bond donors (Lipinski definition) is 1. The summed E-state index contributed by atoms with van der Waals surface area (Å²) in [5.41, 5.74) is 1.79. The number of carbonyl (C=O) groups excluding carboxylic acids is 1. The van der Waals surface area contributed by atoms with Gasteiger partial charge in [0.1, 0.15) is 0 Å². The van der Waals surface area contributed by atoms with Gasteiger partial charge in [-0.1, -0.05) is 38.0 Å². The summed E-state index contributed by atoms with van der Waals surface area (Å²) in [6.07, 6.45) is 5.42. The first-order valence-corrected chi connectivity index (χ1v) is 7.93. The molecule has 1 aromatic carbocycles. The van der Waals surface area contributed by atoms with Gasteiger partial charge in [0.05, 0.1) is 17.6 Å². The molecule has 22 heavy (non-hydrogen) atoms. The van der Waals surface area contributed by atoms with Crippen molar-refractivity contribution in [2.75, 3.05) is 6.54 Å². The standard InChI is InChI=1S/C18H23N3O/c1-3-4-7-10-21-13-16(15-8-5-6-9-17(15)21)18(22)20-12-14(2)11-19/h5-6,8-9,13-14H,3-4,7,10,12H2,1-2H3,(H,20,22)/t14-/m0/s1. The lowest BCUT2D eigenvalue weighted by Gasteiger charge is -2.05. The van der Waals surface area contributed by atoms with Gasteiger partial charge in [0, 0.05) is 30.2 Å². The molecule has 0 saturated carbocycles. The molecule has 1 N–H and O–H groups in total. The fourth-order valence-corrected chi connectivity index (χ4v) is 2.53. The van der Waals surface area contributed by atoms with E-state index in [0.29, 0.717) is 12.1 Å². The molecule has 0 radical (unpaired) electrons. The van der Waals surface area contributed by atoms with Crippen molar-refractivity contribution in [1.82, 2.24) is 9.88 Å². The molecule has 1 atom stereocenters. The van der Waals surface area contributed by atoms with Crippen LogP contribution in [0.5, 0.6) is 0 Å². The molecule has 0 fully saturated rings. The summed E-state index contributed by atoms with van der Waals surface area (Å²) in [5, 5.41) is 12.6. The van der Waals surface area contributed by atoms with Crippen molar-refractivity contribution < 1.29 is 4.79 Å². The molecule has 0 aliphatic carbocycles. The number of hydrogen-bond acceptors (Lipinski definition) is 2. The molecule has 0 aliphatic rings. The van der Waals surface area contributed by atoms with Crippen molar-refractivity contribution in [3.05, 3.63) is 36.0 Å². The van der Waals surface area contributed by atoms with Crippen molar-refractivity contribution in [3.63, 3.8) is 0 Å². The second-order valence-corrected chi connectivity index (χ2v) is 5.70. The minimum atomic E-state index is -0.179. The molecule has 116 valence electrons. The highest BCUT2D eigenvalue weighted by molar-refractivity contribution is 6.07. The number of nitrogens with one attached hydrogen (secondary N) is 1. The van der Waals surface area contributed by atoms with Crippen molar-refractivity contribution in [1.29, 1.82) is 5.26 Å². The monoisotopic (exact) mass is 297 g/mol. The van der Waals surface area contributed by atoms with Crippen molar-refractivity contribution >= 4 is 16.8 Å². The van der Waals surface area contributed by atoms with E-state index in [1.54, 1.807) is 6.92 Å². The van der Waals surface area contributed by atoms with Crippen LogP contribution in [0.3, 0.4) is 0 Å². The normalized spacial score (nSPS) is 12.0. The highest BCUT2D eigenvalue weighted by atomic mass is 16.1. The quantitative estimate of drug-likeness (QED) is 0.792. The molecule has 4 nitrogen and oxygen atoms in total. The van der Waals surface area contributed by atoms with Crippen LogP contribution in [-0.2, 0) is 6.54 Å². The molecule has 0 aliphatic heterocycles. The Morgan fingerprint density at radius 2 is 2.14 bits per heavy atom. The van der Waals surface area contributed by atoms with Gasteiger partial charge in [0.2, 0.25) is 0 Å². The number of benzene rings is 1. The van der Waals surface area contributed by atoms with Crippen LogP contribution >= 0.6 is 0 Å². The fourth-order valence-electron chi connectivity index (χ4n) is 2.53. The molecule has 0 bridgehead atoms. The van der Waals surface area contributed by atoms with Gasteiger partial charge in [-0.25, -0.2) is 0 Å². The molecular formula is C18H23N3O. The number of nitriles is 1. The Morgan fingerprint density at radius 3 is 2.86 bits per heavy atom. The average Bonchev–Trinajstić information content (AvgIpc) is 2.91. The van der Waals surface area contributed by atoms with Gasteiger partial charge in [-0.15, -0.1) is 0 Å². The molecule has 0 spiro atoms. The molecule has 2 rings (SSSR count). The van der Waals surface area contributed by atoms with E-state index in [4.69, 9.17) is 5.26 Å². The SMILES string of the molecule is CCCCCn1cc(C(=O)NC[C@@H](C)C#N)c2ccccc21. The third kappa shape index (κ3) is 3.67. The number of amides is 1. The third-order valence-corrected chi connectivity index (χ3v) is 3.82. The maximum atomic E-state index is 12.4. The van der Waals surface area contributed by atoms with Crippen LogP contribution in [0.2, 0.25) is 0 Å². The van der Waals surface area contributed by atoms with Crippen molar-refractivity contribution in [3.8, 4) is 6.07 Å². The molecule has 2 aromatic rings. The maximum absolute atomic E-state index is 12.4. The van der Waals surface area contributed by atoms with Crippen LogP contribution in [0.4, 0.5) is 0 Å². The van der Waals surface area contributed by atoms with Crippen molar-refractivity contribution in [2.24, 2.45) is 5.92 Å². The summed E-state index contributed by atoms with van der Waals surface area (Å²) in [5.74, 6) is -0.283. The van der Waals surface area contributed by atoms with Gasteiger partial charge in [-0.2, -0.15) is 5.26 Å². The summed E-state index contributed by atoms with van der Waals surface area (Å²) in [7, 11) is 0. The van der Waals surface area contributed by atoms with E-state index in [-0.39, 0.29) is 11.8 Å². The zero-order chi connectivity index (χ0) is 15.9. The molecule has 1 aromatic heterocycles. The van der Waals surface area contributed by atoms with E-state index in [9.17, 15) is 4.79 Å². The number of nitrogens with zero attached hydrogens (tertiary/aromatic N) is 2. The molecular weight excluding hydrogens is 274 g/mol. The lowest BCUT2D eigenvalue weighted by Crippen LogP contribution is -2.27. The zero-order valence-electron chi connectivity index (χ0n) is 13.3. The summed E-state index contributed by atoms with van der Waals surface area (Å²) < 4.78 is 2.16. The number of carbonyl (C=O) groups is 1. The first-order chi connectivity index (χ1) is 10.7. The highest BCUT2D eigenvalue weighted by Gasteiger charge is 2.15. The van der Waals surface area contributed by atoms with Crippen LogP contribution in [0.1, 0.15) is 43.5 Å². The van der Waals surface area contributed by atoms with E-state index in [1.807, 2.05) is 24.4 Å². The smallest absolute Gasteiger partial charge is 0.253 e. The predicted molar refractivity (Wildman–Crippen MR) is 88.6 cm³/mol. The predicted octanol–water partition coefficient (Wildman–Crippen LogP) is 3.72. The van der Waals surface area contributed by atoms with Crippen LogP contribution in [-0.4, -0.2) is 17.0 Å². The first kappa shape index (κ1) is 16.1. The van der Waals surface area contributed by atoms with Gasteiger partial charge in [0.15, 0.2) is 0 Å². The van der Waals surface area contributed by atoms with Crippen LogP contribution < -0.4 is 5.32 Å². The molecule has 0 unspecified atom stereocenters. The van der Waals surface area contributed by atoms with Gasteiger partial charge in [-0.3, -0.25) is 4.79 Å². The van der Waals surface area contributed by atoms with Gasteiger partial charge in [-0.05, 0) is 19.4 Å². The average molecular weight is 297 g/mol. The molecule has 1 heterocycles. The number of fused-ring (bicyclic) bond motifs is 1.